The van der Waals surface area contributed by atoms with Gasteiger partial charge in [0.15, 0.2) is 0 Å². The molecule has 0 bridgehead atoms. The number of carbonyl (C=O) groups is 1. The Kier molecular flexibility index (Phi) is 8.12. The number of unbranched alkanes of at least 4 members (excludes halogenated alkanes) is 5. The van der Waals surface area contributed by atoms with Gasteiger partial charge in [-0.15, -0.1) is 0 Å². The zero-order chi connectivity index (χ0) is 12.3. The van der Waals surface area contributed by atoms with Crippen LogP contribution in [-0.2, 0) is 9.53 Å². The topological polar surface area (TPSA) is 26.3 Å². The molecule has 17 heavy (non-hydrogen) atoms. The van der Waals surface area contributed by atoms with Gasteiger partial charge in [-0.25, -0.2) is 0 Å². The second-order valence-electron chi connectivity index (χ2n) is 5.20. The Hall–Kier alpha value is -0.530. The molecule has 1 saturated carbocycles. The first-order chi connectivity index (χ1) is 8.33. The molecule has 1 aliphatic carbocycles. The molecule has 1 radical (unpaired) electrons. The SMILES string of the molecule is [CH2]CCCCCCCC(=O)OCC1CCCC1. The summed E-state index contributed by atoms with van der Waals surface area (Å²) in [5.41, 5.74) is 0. The van der Waals surface area contributed by atoms with Gasteiger partial charge in [0.2, 0.25) is 0 Å². The number of rotatable bonds is 9. The Morgan fingerprint density at radius 1 is 1.06 bits per heavy atom. The van der Waals surface area contributed by atoms with Gasteiger partial charge in [0.25, 0.3) is 0 Å². The highest BCUT2D eigenvalue weighted by Gasteiger charge is 2.16. The Morgan fingerprint density at radius 3 is 2.41 bits per heavy atom. The summed E-state index contributed by atoms with van der Waals surface area (Å²) in [6.45, 7) is 4.49. The van der Waals surface area contributed by atoms with E-state index in [-0.39, 0.29) is 5.97 Å². The van der Waals surface area contributed by atoms with E-state index in [9.17, 15) is 4.79 Å². The minimum Gasteiger partial charge on any atom is -0.465 e. The van der Waals surface area contributed by atoms with Gasteiger partial charge < -0.3 is 4.74 Å². The van der Waals surface area contributed by atoms with Crippen molar-refractivity contribution in [2.45, 2.75) is 70.6 Å². The highest BCUT2D eigenvalue weighted by Crippen LogP contribution is 2.24. The summed E-state index contributed by atoms with van der Waals surface area (Å²) in [5.74, 6) is 0.657. The molecule has 0 atom stereocenters. The molecular weight excluding hydrogens is 212 g/mol. The van der Waals surface area contributed by atoms with E-state index in [1.54, 1.807) is 0 Å². The van der Waals surface area contributed by atoms with Crippen molar-refractivity contribution >= 4 is 5.97 Å². The second-order valence-corrected chi connectivity index (χ2v) is 5.20. The van der Waals surface area contributed by atoms with Gasteiger partial charge in [0.05, 0.1) is 6.61 Å². The molecule has 0 N–H and O–H groups in total. The fourth-order valence-electron chi connectivity index (χ4n) is 2.44. The lowest BCUT2D eigenvalue weighted by atomic mass is 10.1. The van der Waals surface area contributed by atoms with Crippen molar-refractivity contribution in [1.29, 1.82) is 0 Å². The molecule has 1 rings (SSSR count). The molecule has 0 aromatic heterocycles. The Bertz CT molecular complexity index is 195. The number of ether oxygens (including phenoxy) is 1. The number of hydrogen-bond donors (Lipinski definition) is 0. The van der Waals surface area contributed by atoms with Gasteiger partial charge in [-0.3, -0.25) is 4.79 Å². The maximum atomic E-state index is 11.5. The molecular formula is C15H27O2. The number of esters is 1. The fourth-order valence-corrected chi connectivity index (χ4v) is 2.44. The van der Waals surface area contributed by atoms with Gasteiger partial charge in [-0.05, 0) is 25.2 Å². The van der Waals surface area contributed by atoms with E-state index in [4.69, 9.17) is 4.74 Å². The van der Waals surface area contributed by atoms with Crippen LogP contribution in [0.5, 0.6) is 0 Å². The Morgan fingerprint density at radius 2 is 1.71 bits per heavy atom. The van der Waals surface area contributed by atoms with Crippen molar-refractivity contribution in [3.05, 3.63) is 6.92 Å². The molecule has 0 heterocycles. The normalized spacial score (nSPS) is 16.3. The van der Waals surface area contributed by atoms with Crippen molar-refractivity contribution in [2.24, 2.45) is 5.92 Å². The van der Waals surface area contributed by atoms with Gasteiger partial charge in [0.1, 0.15) is 0 Å². The van der Waals surface area contributed by atoms with E-state index >= 15 is 0 Å². The molecule has 1 aliphatic rings. The van der Waals surface area contributed by atoms with E-state index in [0.717, 1.165) is 19.3 Å². The molecule has 0 saturated heterocycles. The predicted molar refractivity (Wildman–Crippen MR) is 70.6 cm³/mol. The summed E-state index contributed by atoms with van der Waals surface area (Å²) < 4.78 is 5.30. The fraction of sp³-hybridized carbons (Fsp3) is 0.867. The monoisotopic (exact) mass is 239 g/mol. The van der Waals surface area contributed by atoms with Crippen LogP contribution in [0.2, 0.25) is 0 Å². The van der Waals surface area contributed by atoms with E-state index in [1.165, 1.54) is 44.9 Å². The minimum atomic E-state index is 0.00839. The van der Waals surface area contributed by atoms with E-state index in [2.05, 4.69) is 6.92 Å². The molecule has 0 aromatic carbocycles. The lowest BCUT2D eigenvalue weighted by molar-refractivity contribution is -0.145. The zero-order valence-corrected chi connectivity index (χ0v) is 11.1. The van der Waals surface area contributed by atoms with Crippen LogP contribution in [0.3, 0.4) is 0 Å². The van der Waals surface area contributed by atoms with Crippen LogP contribution in [0.15, 0.2) is 0 Å². The average molecular weight is 239 g/mol. The quantitative estimate of drug-likeness (QED) is 0.443. The molecule has 0 spiro atoms. The lowest BCUT2D eigenvalue weighted by Gasteiger charge is -2.09. The molecule has 2 heteroatoms. The van der Waals surface area contributed by atoms with Crippen molar-refractivity contribution in [2.75, 3.05) is 6.61 Å². The highest BCUT2D eigenvalue weighted by molar-refractivity contribution is 5.69. The zero-order valence-electron chi connectivity index (χ0n) is 11.1. The summed E-state index contributed by atoms with van der Waals surface area (Å²) in [7, 11) is 0. The third kappa shape index (κ3) is 7.40. The van der Waals surface area contributed by atoms with Crippen molar-refractivity contribution in [3.8, 4) is 0 Å². The van der Waals surface area contributed by atoms with Crippen LogP contribution in [0.1, 0.15) is 70.6 Å². The van der Waals surface area contributed by atoms with Gasteiger partial charge in [-0.2, -0.15) is 0 Å². The van der Waals surface area contributed by atoms with Gasteiger partial charge in [0, 0.05) is 6.42 Å². The average Bonchev–Trinajstić information content (AvgIpc) is 2.84. The van der Waals surface area contributed by atoms with Crippen molar-refractivity contribution < 1.29 is 9.53 Å². The van der Waals surface area contributed by atoms with Gasteiger partial charge >= 0.3 is 5.97 Å². The third-order valence-electron chi connectivity index (χ3n) is 3.59. The van der Waals surface area contributed by atoms with Crippen LogP contribution in [0.25, 0.3) is 0 Å². The van der Waals surface area contributed by atoms with E-state index < -0.39 is 0 Å². The predicted octanol–water partition coefficient (Wildman–Crippen LogP) is 4.28. The second kappa shape index (κ2) is 9.49. The summed E-state index contributed by atoms with van der Waals surface area (Å²) in [6, 6.07) is 0. The minimum absolute atomic E-state index is 0.00839. The maximum Gasteiger partial charge on any atom is 0.305 e. The van der Waals surface area contributed by atoms with Crippen LogP contribution in [0, 0.1) is 12.8 Å². The van der Waals surface area contributed by atoms with Crippen LogP contribution in [-0.4, -0.2) is 12.6 Å². The van der Waals surface area contributed by atoms with E-state index in [1.807, 2.05) is 0 Å². The van der Waals surface area contributed by atoms with Gasteiger partial charge in [-0.1, -0.05) is 51.9 Å². The van der Waals surface area contributed by atoms with Crippen molar-refractivity contribution in [1.82, 2.24) is 0 Å². The first-order valence-corrected chi connectivity index (χ1v) is 7.28. The first kappa shape index (κ1) is 14.5. The first-order valence-electron chi connectivity index (χ1n) is 7.28. The van der Waals surface area contributed by atoms with Crippen LogP contribution >= 0.6 is 0 Å². The molecule has 2 nitrogen and oxygen atoms in total. The van der Waals surface area contributed by atoms with E-state index in [0.29, 0.717) is 18.9 Å². The number of hydrogen-bond acceptors (Lipinski definition) is 2. The standard InChI is InChI=1S/C15H27O2/c1-2-3-4-5-6-7-12-15(16)17-13-14-10-8-9-11-14/h14H,1-13H2. The van der Waals surface area contributed by atoms with Crippen LogP contribution in [0.4, 0.5) is 0 Å². The summed E-state index contributed by atoms with van der Waals surface area (Å²) in [6.07, 6.45) is 12.6. The highest BCUT2D eigenvalue weighted by atomic mass is 16.5. The third-order valence-corrected chi connectivity index (χ3v) is 3.59. The number of carbonyl (C=O) groups excluding carboxylic acids is 1. The summed E-state index contributed by atoms with van der Waals surface area (Å²) >= 11 is 0. The molecule has 0 unspecified atom stereocenters. The molecule has 1 fully saturated rings. The molecule has 0 aromatic rings. The maximum absolute atomic E-state index is 11.5. The molecule has 99 valence electrons. The molecule has 0 aliphatic heterocycles. The smallest absolute Gasteiger partial charge is 0.305 e. The lowest BCUT2D eigenvalue weighted by Crippen LogP contribution is -2.11. The molecule has 0 amide bonds. The Labute approximate surface area is 106 Å². The largest absolute Gasteiger partial charge is 0.465 e. The van der Waals surface area contributed by atoms with Crippen LogP contribution < -0.4 is 0 Å². The summed E-state index contributed by atoms with van der Waals surface area (Å²) in [4.78, 5) is 11.5. The van der Waals surface area contributed by atoms with Crippen molar-refractivity contribution in [3.63, 3.8) is 0 Å². The Balaban J connectivity index is 1.87. The summed E-state index contributed by atoms with van der Waals surface area (Å²) in [5, 5.41) is 0.